The Morgan fingerprint density at radius 2 is 0.897 bits per heavy atom. The van der Waals surface area contributed by atoms with Crippen molar-refractivity contribution in [1.29, 1.82) is 0 Å². The molecule has 0 heterocycles. The lowest BCUT2D eigenvalue weighted by atomic mass is 10.0. The molecule has 2 atom stereocenters. The molecule has 0 fully saturated rings. The fourth-order valence-electron chi connectivity index (χ4n) is 7.30. The average molecular weight is 820 g/mol. The molecule has 0 aromatic heterocycles. The molecule has 0 aliphatic heterocycles. The highest BCUT2D eigenvalue weighted by atomic mass is 16.6. The third-order valence-corrected chi connectivity index (χ3v) is 11.1. The third kappa shape index (κ3) is 39.3. The number of nitrogens with zero attached hydrogens (tertiary/aromatic N) is 1. The molecule has 8 nitrogen and oxygen atoms in total. The van der Waals surface area contributed by atoms with Crippen molar-refractivity contribution in [3.8, 4) is 0 Å². The Balaban J connectivity index is 4.26. The summed E-state index contributed by atoms with van der Waals surface area (Å²) in [5, 5.41) is 11.6. The number of carbonyl (C=O) groups is 3. The van der Waals surface area contributed by atoms with Crippen molar-refractivity contribution < 1.29 is 38.2 Å². The van der Waals surface area contributed by atoms with Crippen LogP contribution in [0.15, 0.2) is 24.3 Å². The van der Waals surface area contributed by atoms with Gasteiger partial charge >= 0.3 is 11.9 Å². The average Bonchev–Trinajstić information content (AvgIpc) is 3.18. The van der Waals surface area contributed by atoms with Gasteiger partial charge in [-0.2, -0.15) is 0 Å². The maximum atomic E-state index is 12.8. The van der Waals surface area contributed by atoms with Crippen LogP contribution in [0.5, 0.6) is 0 Å². The molecule has 0 saturated heterocycles. The van der Waals surface area contributed by atoms with Crippen molar-refractivity contribution >= 4 is 17.9 Å². The molecule has 0 aliphatic carbocycles. The number of rotatable bonds is 44. The normalized spacial score (nSPS) is 13.1. The van der Waals surface area contributed by atoms with Crippen LogP contribution in [0.25, 0.3) is 0 Å². The zero-order valence-electron chi connectivity index (χ0n) is 38.7. The van der Waals surface area contributed by atoms with E-state index in [-0.39, 0.29) is 42.7 Å². The highest BCUT2D eigenvalue weighted by molar-refractivity contribution is 5.70. The lowest BCUT2D eigenvalue weighted by Gasteiger charge is -2.34. The minimum absolute atomic E-state index is 0.0438. The first-order chi connectivity index (χ1) is 28.1. The quantitative estimate of drug-likeness (QED) is 0.0261. The minimum atomic E-state index is -1.12. The second-order valence-electron chi connectivity index (χ2n) is 17.7. The van der Waals surface area contributed by atoms with E-state index in [1.54, 1.807) is 21.1 Å². The molecule has 0 N–H and O–H groups in total. The van der Waals surface area contributed by atoms with Gasteiger partial charge in [0.15, 0.2) is 6.10 Å². The van der Waals surface area contributed by atoms with Crippen LogP contribution in [0.3, 0.4) is 0 Å². The first-order valence-electron chi connectivity index (χ1n) is 24.4. The molecular formula is C50H93NO7. The molecule has 2 unspecified atom stereocenters. The fraction of sp³-hybridized carbons (Fsp3) is 0.860. The molecule has 0 saturated carbocycles. The number of quaternary nitrogens is 1. The Labute approximate surface area is 358 Å². The number of aliphatic carboxylic acids is 1. The Kier molecular flexibility index (Phi) is 40.0. The number of carbonyl (C=O) groups excluding carboxylic acids is 3. The van der Waals surface area contributed by atoms with Crippen molar-refractivity contribution in [3.63, 3.8) is 0 Å². The van der Waals surface area contributed by atoms with Crippen LogP contribution >= 0.6 is 0 Å². The second kappa shape index (κ2) is 41.5. The van der Waals surface area contributed by atoms with Gasteiger partial charge in [-0.3, -0.25) is 9.59 Å². The van der Waals surface area contributed by atoms with E-state index in [1.165, 1.54) is 154 Å². The SMILES string of the molecule is CCCCC/C=C/C=C/CCCCCCCCCCCCC(=O)OC(COCCC(C(=O)[O-])[N+](C)(C)C)COC(=O)CCCCCCCCCCCCCCCCC. The number of hydrogen-bond acceptors (Lipinski definition) is 7. The van der Waals surface area contributed by atoms with E-state index in [2.05, 4.69) is 38.2 Å². The predicted molar refractivity (Wildman–Crippen MR) is 240 cm³/mol. The van der Waals surface area contributed by atoms with E-state index in [4.69, 9.17) is 14.2 Å². The first kappa shape index (κ1) is 55.8. The maximum absolute atomic E-state index is 12.8. The number of carboxylic acid groups (broad SMARTS) is 1. The van der Waals surface area contributed by atoms with Crippen LogP contribution in [0.4, 0.5) is 0 Å². The van der Waals surface area contributed by atoms with Crippen LogP contribution in [-0.2, 0) is 28.6 Å². The summed E-state index contributed by atoms with van der Waals surface area (Å²) in [6.45, 7) is 4.66. The maximum Gasteiger partial charge on any atom is 0.306 e. The Bertz CT molecular complexity index is 1000. The van der Waals surface area contributed by atoms with Gasteiger partial charge < -0.3 is 28.6 Å². The lowest BCUT2D eigenvalue weighted by Crippen LogP contribution is -2.55. The van der Waals surface area contributed by atoms with Crippen LogP contribution in [0.2, 0.25) is 0 Å². The third-order valence-electron chi connectivity index (χ3n) is 11.1. The highest BCUT2D eigenvalue weighted by Gasteiger charge is 2.25. The van der Waals surface area contributed by atoms with Crippen molar-refractivity contribution in [2.24, 2.45) is 0 Å². The molecule has 0 amide bonds. The number of allylic oxidation sites excluding steroid dienone is 4. The van der Waals surface area contributed by atoms with E-state index >= 15 is 0 Å². The van der Waals surface area contributed by atoms with Gasteiger partial charge in [-0.25, -0.2) is 0 Å². The van der Waals surface area contributed by atoms with Gasteiger partial charge in [-0.15, -0.1) is 0 Å². The molecular weight excluding hydrogens is 727 g/mol. The molecule has 0 bridgehead atoms. The van der Waals surface area contributed by atoms with Crippen LogP contribution in [0, 0.1) is 0 Å². The molecule has 0 rings (SSSR count). The predicted octanol–water partition coefficient (Wildman–Crippen LogP) is 12.3. The largest absolute Gasteiger partial charge is 0.544 e. The van der Waals surface area contributed by atoms with Crippen molar-refractivity contribution in [3.05, 3.63) is 24.3 Å². The number of carboxylic acids is 1. The minimum Gasteiger partial charge on any atom is -0.544 e. The molecule has 58 heavy (non-hydrogen) atoms. The van der Waals surface area contributed by atoms with E-state index < -0.39 is 18.1 Å². The van der Waals surface area contributed by atoms with Crippen LogP contribution in [-0.4, -0.2) is 75.5 Å². The van der Waals surface area contributed by atoms with Crippen molar-refractivity contribution in [2.45, 2.75) is 238 Å². The van der Waals surface area contributed by atoms with Gasteiger partial charge in [-0.1, -0.05) is 192 Å². The molecule has 340 valence electrons. The molecule has 0 spiro atoms. The van der Waals surface area contributed by atoms with E-state index in [1.807, 2.05) is 0 Å². The molecule has 8 heteroatoms. The van der Waals surface area contributed by atoms with E-state index in [0.717, 1.165) is 38.5 Å². The zero-order chi connectivity index (χ0) is 42.8. The standard InChI is InChI=1S/C50H93NO7/c1-6-8-10-12-14-16-18-20-22-23-24-25-27-29-31-33-35-37-39-41-49(53)58-46(44-56-43-42-47(50(54)55)51(3,4)5)45-57-48(52)40-38-36-34-32-30-28-26-21-19-17-15-13-11-9-7-2/h14,16,18,20,46-47H,6-13,15,17,19,21-45H2,1-5H3/b16-14+,20-18+. The van der Waals surface area contributed by atoms with E-state index in [9.17, 15) is 19.5 Å². The summed E-state index contributed by atoms with van der Waals surface area (Å²) in [7, 11) is 5.42. The smallest absolute Gasteiger partial charge is 0.306 e. The number of unbranched alkanes of at least 4 members (excludes halogenated alkanes) is 27. The highest BCUT2D eigenvalue weighted by Crippen LogP contribution is 2.16. The number of hydrogen-bond donors (Lipinski definition) is 0. The Hall–Kier alpha value is -2.19. The first-order valence-corrected chi connectivity index (χ1v) is 24.4. The molecule has 0 aliphatic rings. The van der Waals surface area contributed by atoms with Gasteiger partial charge in [0.1, 0.15) is 12.6 Å². The number of likely N-dealkylation sites (N-methyl/N-ethyl adjacent to an activating group) is 1. The second-order valence-corrected chi connectivity index (χ2v) is 17.7. The van der Waals surface area contributed by atoms with Gasteiger partial charge in [0.25, 0.3) is 0 Å². The van der Waals surface area contributed by atoms with Gasteiger partial charge in [0, 0.05) is 19.3 Å². The molecule has 0 radical (unpaired) electrons. The van der Waals surface area contributed by atoms with Gasteiger partial charge in [0.2, 0.25) is 0 Å². The van der Waals surface area contributed by atoms with Gasteiger partial charge in [-0.05, 0) is 38.5 Å². The summed E-state index contributed by atoms with van der Waals surface area (Å²) in [5.41, 5.74) is 0. The zero-order valence-corrected chi connectivity index (χ0v) is 38.7. The lowest BCUT2D eigenvalue weighted by molar-refractivity contribution is -0.889. The molecule has 0 aromatic rings. The van der Waals surface area contributed by atoms with Crippen LogP contribution in [0.1, 0.15) is 226 Å². The summed E-state index contributed by atoms with van der Waals surface area (Å²) in [6.07, 6.45) is 46.2. The number of esters is 2. The van der Waals surface area contributed by atoms with Crippen LogP contribution < -0.4 is 5.11 Å². The fourth-order valence-corrected chi connectivity index (χ4v) is 7.30. The van der Waals surface area contributed by atoms with E-state index in [0.29, 0.717) is 12.8 Å². The van der Waals surface area contributed by atoms with Crippen molar-refractivity contribution in [2.75, 3.05) is 41.0 Å². The number of ether oxygens (including phenoxy) is 3. The summed E-state index contributed by atoms with van der Waals surface area (Å²) in [4.78, 5) is 36.9. The Morgan fingerprint density at radius 1 is 0.517 bits per heavy atom. The monoisotopic (exact) mass is 820 g/mol. The summed E-state index contributed by atoms with van der Waals surface area (Å²) >= 11 is 0. The summed E-state index contributed by atoms with van der Waals surface area (Å²) in [6, 6.07) is -0.723. The van der Waals surface area contributed by atoms with Crippen molar-refractivity contribution in [1.82, 2.24) is 0 Å². The topological polar surface area (TPSA) is 102 Å². The Morgan fingerprint density at radius 3 is 1.33 bits per heavy atom. The summed E-state index contributed by atoms with van der Waals surface area (Å²) < 4.78 is 17.2. The summed E-state index contributed by atoms with van der Waals surface area (Å²) in [5.74, 6) is -1.72. The molecule has 0 aromatic carbocycles. The van der Waals surface area contributed by atoms with Gasteiger partial charge in [0.05, 0.1) is 40.3 Å².